The zero-order valence-corrected chi connectivity index (χ0v) is 12.6. The average molecular weight is 344 g/mol. The Hall–Kier alpha value is -1.49. The maximum absolute atomic E-state index is 13.7. The summed E-state index contributed by atoms with van der Waals surface area (Å²) < 4.78 is 40.8. The number of aryl methyl sites for hydroxylation is 1. The summed E-state index contributed by atoms with van der Waals surface area (Å²) in [5.41, 5.74) is 1.55. The Morgan fingerprint density at radius 2 is 1.75 bits per heavy atom. The second kappa shape index (κ2) is 5.87. The van der Waals surface area contributed by atoms with Crippen LogP contribution in [0.2, 0.25) is 0 Å². The van der Waals surface area contributed by atoms with E-state index in [2.05, 4.69) is 21.2 Å². The van der Waals surface area contributed by atoms with Gasteiger partial charge in [0, 0.05) is 11.3 Å². The van der Waals surface area contributed by atoms with Crippen LogP contribution in [0.5, 0.6) is 0 Å². The van der Waals surface area contributed by atoms with Gasteiger partial charge in [0.1, 0.15) is 17.5 Å². The third kappa shape index (κ3) is 3.15. The second-order valence-corrected chi connectivity index (χ2v) is 5.47. The Morgan fingerprint density at radius 3 is 2.45 bits per heavy atom. The topological polar surface area (TPSA) is 12.0 Å². The van der Waals surface area contributed by atoms with Gasteiger partial charge >= 0.3 is 0 Å². The Kier molecular flexibility index (Phi) is 4.38. The first-order valence-corrected chi connectivity index (χ1v) is 6.85. The third-order valence-corrected chi connectivity index (χ3v) is 3.67. The molecule has 1 unspecified atom stereocenters. The molecule has 0 amide bonds. The lowest BCUT2D eigenvalue weighted by atomic mass is 10.1. The molecule has 0 heterocycles. The first-order valence-electron chi connectivity index (χ1n) is 6.05. The molecular formula is C15H13BrF3N. The van der Waals surface area contributed by atoms with Crippen molar-refractivity contribution in [2.45, 2.75) is 19.9 Å². The fraction of sp³-hybridized carbons (Fsp3) is 0.200. The molecule has 0 aliphatic rings. The maximum atomic E-state index is 13.7. The Balaban J connectivity index is 2.30. The summed E-state index contributed by atoms with van der Waals surface area (Å²) in [5.74, 6) is -1.42. The Labute approximate surface area is 123 Å². The van der Waals surface area contributed by atoms with E-state index >= 15 is 0 Å². The number of hydrogen-bond acceptors (Lipinski definition) is 1. The van der Waals surface area contributed by atoms with Crippen LogP contribution in [-0.2, 0) is 0 Å². The summed E-state index contributed by atoms with van der Waals surface area (Å²) in [4.78, 5) is 0. The molecule has 0 spiro atoms. The molecule has 2 aromatic carbocycles. The summed E-state index contributed by atoms with van der Waals surface area (Å²) in [6.45, 7) is 3.50. The van der Waals surface area contributed by atoms with E-state index in [1.165, 1.54) is 6.07 Å². The van der Waals surface area contributed by atoms with Crippen molar-refractivity contribution >= 4 is 21.6 Å². The summed E-state index contributed by atoms with van der Waals surface area (Å²) in [6, 6.07) is 5.76. The van der Waals surface area contributed by atoms with E-state index in [-0.39, 0.29) is 5.56 Å². The minimum atomic E-state index is -0.506. The molecule has 20 heavy (non-hydrogen) atoms. The van der Waals surface area contributed by atoms with Crippen LogP contribution in [0.4, 0.5) is 18.9 Å². The van der Waals surface area contributed by atoms with Gasteiger partial charge in [-0.3, -0.25) is 0 Å². The highest BCUT2D eigenvalue weighted by Gasteiger charge is 2.14. The van der Waals surface area contributed by atoms with E-state index in [1.54, 1.807) is 19.9 Å². The largest absolute Gasteiger partial charge is 0.378 e. The number of halogens is 4. The molecule has 2 aromatic rings. The summed E-state index contributed by atoms with van der Waals surface area (Å²) in [5, 5.41) is 3.00. The third-order valence-electron chi connectivity index (χ3n) is 3.06. The molecule has 1 nitrogen and oxygen atoms in total. The van der Waals surface area contributed by atoms with E-state index in [0.717, 1.165) is 23.8 Å². The monoisotopic (exact) mass is 343 g/mol. The average Bonchev–Trinajstić information content (AvgIpc) is 2.38. The molecule has 0 saturated heterocycles. The molecule has 0 fully saturated rings. The molecule has 0 aromatic heterocycles. The standard InChI is InChI=1S/C15H13BrF3N/c1-8-5-12(16)14(19)7-15(8)20-9(2)11-6-10(17)3-4-13(11)18/h3-7,9,20H,1-2H3. The van der Waals surface area contributed by atoms with E-state index < -0.39 is 23.5 Å². The van der Waals surface area contributed by atoms with Crippen LogP contribution in [0.15, 0.2) is 34.8 Å². The van der Waals surface area contributed by atoms with Crippen molar-refractivity contribution in [3.63, 3.8) is 0 Å². The van der Waals surface area contributed by atoms with E-state index in [4.69, 9.17) is 0 Å². The van der Waals surface area contributed by atoms with Gasteiger partial charge in [0.2, 0.25) is 0 Å². The predicted octanol–water partition coefficient (Wildman–Crippen LogP) is 5.35. The van der Waals surface area contributed by atoms with Crippen LogP contribution in [0, 0.1) is 24.4 Å². The fourth-order valence-corrected chi connectivity index (χ4v) is 2.42. The summed E-state index contributed by atoms with van der Waals surface area (Å²) in [7, 11) is 0. The van der Waals surface area contributed by atoms with Crippen molar-refractivity contribution in [2.24, 2.45) is 0 Å². The molecule has 106 valence electrons. The van der Waals surface area contributed by atoms with Gasteiger partial charge in [-0.05, 0) is 65.7 Å². The number of nitrogens with one attached hydrogen (secondary N) is 1. The number of anilines is 1. The highest BCUT2D eigenvalue weighted by molar-refractivity contribution is 9.10. The second-order valence-electron chi connectivity index (χ2n) is 4.61. The number of rotatable bonds is 3. The van der Waals surface area contributed by atoms with Crippen LogP contribution in [0.1, 0.15) is 24.1 Å². The summed E-state index contributed by atoms with van der Waals surface area (Å²) >= 11 is 3.10. The Morgan fingerprint density at radius 1 is 1.05 bits per heavy atom. The first-order chi connectivity index (χ1) is 9.38. The van der Waals surface area contributed by atoms with Gasteiger partial charge in [-0.2, -0.15) is 0 Å². The van der Waals surface area contributed by atoms with Crippen LogP contribution in [-0.4, -0.2) is 0 Å². The lowest BCUT2D eigenvalue weighted by molar-refractivity contribution is 0.577. The van der Waals surface area contributed by atoms with Gasteiger partial charge in [0.25, 0.3) is 0 Å². The highest BCUT2D eigenvalue weighted by atomic mass is 79.9. The lowest BCUT2D eigenvalue weighted by Gasteiger charge is -2.18. The van der Waals surface area contributed by atoms with Gasteiger partial charge in [-0.1, -0.05) is 0 Å². The molecule has 0 bridgehead atoms. The molecule has 0 aliphatic heterocycles. The molecule has 2 rings (SSSR count). The molecule has 0 radical (unpaired) electrons. The molecular weight excluding hydrogens is 331 g/mol. The quantitative estimate of drug-likeness (QED) is 0.792. The van der Waals surface area contributed by atoms with E-state index in [0.29, 0.717) is 10.2 Å². The zero-order valence-electron chi connectivity index (χ0n) is 11.0. The van der Waals surface area contributed by atoms with Gasteiger partial charge in [0.15, 0.2) is 0 Å². The van der Waals surface area contributed by atoms with Crippen LogP contribution < -0.4 is 5.32 Å². The van der Waals surface area contributed by atoms with Crippen molar-refractivity contribution in [2.75, 3.05) is 5.32 Å². The van der Waals surface area contributed by atoms with Crippen molar-refractivity contribution in [1.29, 1.82) is 0 Å². The minimum Gasteiger partial charge on any atom is -0.378 e. The van der Waals surface area contributed by atoms with Crippen LogP contribution in [0.25, 0.3) is 0 Å². The number of hydrogen-bond donors (Lipinski definition) is 1. The molecule has 5 heteroatoms. The van der Waals surface area contributed by atoms with Crippen molar-refractivity contribution in [1.82, 2.24) is 0 Å². The van der Waals surface area contributed by atoms with E-state index in [1.807, 2.05) is 0 Å². The number of benzene rings is 2. The molecule has 1 atom stereocenters. The van der Waals surface area contributed by atoms with Crippen LogP contribution >= 0.6 is 15.9 Å². The minimum absolute atomic E-state index is 0.202. The highest BCUT2D eigenvalue weighted by Crippen LogP contribution is 2.28. The normalized spacial score (nSPS) is 12.3. The van der Waals surface area contributed by atoms with Gasteiger partial charge < -0.3 is 5.32 Å². The fourth-order valence-electron chi connectivity index (χ4n) is 1.96. The maximum Gasteiger partial charge on any atom is 0.139 e. The molecule has 1 N–H and O–H groups in total. The molecule has 0 aliphatic carbocycles. The Bertz CT molecular complexity index is 643. The SMILES string of the molecule is Cc1cc(Br)c(F)cc1NC(C)c1cc(F)ccc1F. The molecule has 0 saturated carbocycles. The van der Waals surface area contributed by atoms with Crippen LogP contribution in [0.3, 0.4) is 0 Å². The van der Waals surface area contributed by atoms with Crippen molar-refractivity contribution in [3.8, 4) is 0 Å². The zero-order chi connectivity index (χ0) is 14.9. The van der Waals surface area contributed by atoms with Gasteiger partial charge in [0.05, 0.1) is 10.5 Å². The van der Waals surface area contributed by atoms with Crippen molar-refractivity contribution in [3.05, 3.63) is 63.4 Å². The summed E-state index contributed by atoms with van der Waals surface area (Å²) in [6.07, 6.45) is 0. The van der Waals surface area contributed by atoms with E-state index in [9.17, 15) is 13.2 Å². The first kappa shape index (κ1) is 14.9. The predicted molar refractivity (Wildman–Crippen MR) is 77.2 cm³/mol. The lowest BCUT2D eigenvalue weighted by Crippen LogP contribution is -2.10. The van der Waals surface area contributed by atoms with Gasteiger partial charge in [-0.25, -0.2) is 13.2 Å². The van der Waals surface area contributed by atoms with Crippen molar-refractivity contribution < 1.29 is 13.2 Å². The van der Waals surface area contributed by atoms with Gasteiger partial charge in [-0.15, -0.1) is 0 Å². The smallest absolute Gasteiger partial charge is 0.139 e.